The van der Waals surface area contributed by atoms with E-state index < -0.39 is 6.10 Å². The van der Waals surface area contributed by atoms with Gasteiger partial charge in [0.05, 0.1) is 11.8 Å². The van der Waals surface area contributed by atoms with Crippen LogP contribution >= 0.6 is 11.6 Å². The zero-order chi connectivity index (χ0) is 22.0. The van der Waals surface area contributed by atoms with Gasteiger partial charge in [0.25, 0.3) is 5.91 Å². The van der Waals surface area contributed by atoms with Crippen LogP contribution in [0.25, 0.3) is 22.3 Å². The quantitative estimate of drug-likeness (QED) is 0.596. The molecule has 0 spiro atoms. The SMILES string of the molecule is CC1CCN(C(=O)c2ccc(-c3cncc(-c4ccnc(C(C)O)c4)c3)c(Cl)c2)CC1. The molecule has 1 unspecified atom stereocenters. The second-order valence-electron chi connectivity index (χ2n) is 8.28. The minimum absolute atomic E-state index is 0.0367. The van der Waals surface area contributed by atoms with Crippen LogP contribution in [-0.2, 0) is 0 Å². The molecule has 1 amide bonds. The molecule has 1 saturated heterocycles. The molecule has 1 atom stereocenters. The molecule has 3 aromatic rings. The van der Waals surface area contributed by atoms with Crippen LogP contribution in [0.4, 0.5) is 0 Å². The highest BCUT2D eigenvalue weighted by molar-refractivity contribution is 6.33. The molecule has 160 valence electrons. The summed E-state index contributed by atoms with van der Waals surface area (Å²) in [5.74, 6) is 0.710. The summed E-state index contributed by atoms with van der Waals surface area (Å²) in [5.41, 5.74) is 4.73. The van der Waals surface area contributed by atoms with Crippen molar-refractivity contribution in [3.63, 3.8) is 0 Å². The van der Waals surface area contributed by atoms with Crippen LogP contribution in [0.15, 0.2) is 55.0 Å². The van der Waals surface area contributed by atoms with Crippen LogP contribution in [0.3, 0.4) is 0 Å². The highest BCUT2D eigenvalue weighted by Gasteiger charge is 2.22. The Morgan fingerprint density at radius 2 is 1.84 bits per heavy atom. The molecule has 5 nitrogen and oxygen atoms in total. The van der Waals surface area contributed by atoms with Crippen LogP contribution in [0.2, 0.25) is 5.02 Å². The van der Waals surface area contributed by atoms with Gasteiger partial charge in [-0.15, -0.1) is 0 Å². The number of benzene rings is 1. The Balaban J connectivity index is 1.60. The third-order valence-corrected chi connectivity index (χ3v) is 6.19. The van der Waals surface area contributed by atoms with E-state index in [2.05, 4.69) is 16.9 Å². The first kappa shape index (κ1) is 21.5. The molecule has 1 aliphatic rings. The number of aliphatic hydroxyl groups is 1. The first-order valence-corrected chi connectivity index (χ1v) is 11.0. The van der Waals surface area contributed by atoms with Crippen molar-refractivity contribution >= 4 is 17.5 Å². The number of aliphatic hydroxyl groups excluding tert-OH is 1. The summed E-state index contributed by atoms with van der Waals surface area (Å²) in [6.07, 6.45) is 6.66. The van der Waals surface area contributed by atoms with Gasteiger partial charge in [0.2, 0.25) is 0 Å². The monoisotopic (exact) mass is 435 g/mol. The van der Waals surface area contributed by atoms with E-state index in [9.17, 15) is 9.90 Å². The number of rotatable bonds is 4. The normalized spacial score (nSPS) is 15.7. The number of nitrogens with zero attached hydrogens (tertiary/aromatic N) is 3. The van der Waals surface area contributed by atoms with Crippen LogP contribution in [-0.4, -0.2) is 39.0 Å². The molecular weight excluding hydrogens is 410 g/mol. The van der Waals surface area contributed by atoms with Crippen LogP contribution < -0.4 is 0 Å². The van der Waals surface area contributed by atoms with Gasteiger partial charge >= 0.3 is 0 Å². The van der Waals surface area contributed by atoms with Crippen molar-refractivity contribution in [1.29, 1.82) is 0 Å². The second kappa shape index (κ2) is 9.16. The molecule has 1 aromatic carbocycles. The maximum Gasteiger partial charge on any atom is 0.253 e. The van der Waals surface area contributed by atoms with Crippen LogP contribution in [0.1, 0.15) is 48.8 Å². The van der Waals surface area contributed by atoms with E-state index in [4.69, 9.17) is 11.6 Å². The Hall–Kier alpha value is -2.76. The topological polar surface area (TPSA) is 66.3 Å². The Labute approximate surface area is 187 Å². The Morgan fingerprint density at radius 3 is 2.55 bits per heavy atom. The van der Waals surface area contributed by atoms with Gasteiger partial charge in [-0.05, 0) is 61.6 Å². The third-order valence-electron chi connectivity index (χ3n) is 5.88. The molecule has 0 bridgehead atoms. The smallest absolute Gasteiger partial charge is 0.253 e. The molecule has 0 aliphatic carbocycles. The van der Waals surface area contributed by atoms with Crippen LogP contribution in [0.5, 0.6) is 0 Å². The zero-order valence-corrected chi connectivity index (χ0v) is 18.5. The van der Waals surface area contributed by atoms with Crippen molar-refractivity contribution < 1.29 is 9.90 Å². The number of carbonyl (C=O) groups excluding carboxylic acids is 1. The maximum atomic E-state index is 12.9. The first-order valence-electron chi connectivity index (χ1n) is 10.6. The van der Waals surface area contributed by atoms with Gasteiger partial charge in [0, 0.05) is 59.0 Å². The number of aromatic nitrogens is 2. The number of carbonyl (C=O) groups is 1. The average Bonchev–Trinajstić information content (AvgIpc) is 2.79. The summed E-state index contributed by atoms with van der Waals surface area (Å²) in [5, 5.41) is 10.3. The minimum atomic E-state index is -0.640. The predicted octanol–water partition coefficient (Wildman–Crippen LogP) is 5.39. The van der Waals surface area contributed by atoms with Crippen molar-refractivity contribution in [2.45, 2.75) is 32.8 Å². The molecule has 2 aromatic heterocycles. The van der Waals surface area contributed by atoms with Gasteiger partial charge in [-0.2, -0.15) is 0 Å². The van der Waals surface area contributed by atoms with Crippen molar-refractivity contribution in [2.75, 3.05) is 13.1 Å². The number of amides is 1. The lowest BCUT2D eigenvalue weighted by molar-refractivity contribution is 0.0697. The molecule has 0 radical (unpaired) electrons. The van der Waals surface area contributed by atoms with E-state index in [1.165, 1.54) is 0 Å². The van der Waals surface area contributed by atoms with Gasteiger partial charge in [0.1, 0.15) is 0 Å². The molecule has 6 heteroatoms. The van der Waals surface area contributed by atoms with Crippen molar-refractivity contribution in [3.05, 3.63) is 71.3 Å². The largest absolute Gasteiger partial charge is 0.387 e. The number of pyridine rings is 2. The number of piperidine rings is 1. The highest BCUT2D eigenvalue weighted by atomic mass is 35.5. The van der Waals surface area contributed by atoms with E-state index in [-0.39, 0.29) is 5.91 Å². The second-order valence-corrected chi connectivity index (χ2v) is 8.68. The van der Waals surface area contributed by atoms with Crippen molar-refractivity contribution in [1.82, 2.24) is 14.9 Å². The Morgan fingerprint density at radius 1 is 1.10 bits per heavy atom. The minimum Gasteiger partial charge on any atom is -0.387 e. The Kier molecular flexibility index (Phi) is 6.35. The van der Waals surface area contributed by atoms with Gasteiger partial charge in [-0.25, -0.2) is 0 Å². The number of hydrogen-bond donors (Lipinski definition) is 1. The maximum absolute atomic E-state index is 12.9. The predicted molar refractivity (Wildman–Crippen MR) is 123 cm³/mol. The summed E-state index contributed by atoms with van der Waals surface area (Å²) in [6, 6.07) is 11.2. The number of halogens is 1. The Bertz CT molecular complexity index is 1090. The number of likely N-dealkylation sites (tertiary alicyclic amines) is 1. The van der Waals surface area contributed by atoms with Gasteiger partial charge in [0.15, 0.2) is 0 Å². The highest BCUT2D eigenvalue weighted by Crippen LogP contribution is 2.32. The molecule has 4 rings (SSSR count). The van der Waals surface area contributed by atoms with Crippen LogP contribution in [0, 0.1) is 5.92 Å². The fourth-order valence-corrected chi connectivity index (χ4v) is 4.17. The fraction of sp³-hybridized carbons (Fsp3) is 0.320. The van der Waals surface area contributed by atoms with Gasteiger partial charge < -0.3 is 10.0 Å². The molecular formula is C25H26ClN3O2. The summed E-state index contributed by atoms with van der Waals surface area (Å²) < 4.78 is 0. The summed E-state index contributed by atoms with van der Waals surface area (Å²) in [7, 11) is 0. The molecule has 3 heterocycles. The van der Waals surface area contributed by atoms with E-state index in [1.54, 1.807) is 31.6 Å². The average molecular weight is 436 g/mol. The first-order chi connectivity index (χ1) is 14.9. The van der Waals surface area contributed by atoms with Gasteiger partial charge in [-0.1, -0.05) is 24.6 Å². The molecule has 1 N–H and O–H groups in total. The lowest BCUT2D eigenvalue weighted by Gasteiger charge is -2.30. The van der Waals surface area contributed by atoms with E-state index in [0.29, 0.717) is 22.2 Å². The molecule has 1 aliphatic heterocycles. The summed E-state index contributed by atoms with van der Waals surface area (Å²) in [6.45, 7) is 5.51. The molecule has 31 heavy (non-hydrogen) atoms. The van der Waals surface area contributed by atoms with Gasteiger partial charge in [-0.3, -0.25) is 14.8 Å². The van der Waals surface area contributed by atoms with E-state index >= 15 is 0 Å². The van der Waals surface area contributed by atoms with Crippen molar-refractivity contribution in [2.24, 2.45) is 5.92 Å². The zero-order valence-electron chi connectivity index (χ0n) is 17.8. The van der Waals surface area contributed by atoms with E-state index in [1.807, 2.05) is 35.2 Å². The standard InChI is InChI=1S/C25H26ClN3O2/c1-16-6-9-29(10-7-16)25(31)19-3-4-22(23(26)12-19)21-11-20(14-27-15-21)18-5-8-28-24(13-18)17(2)30/h3-5,8,11-17,30H,6-7,9-10H2,1-2H3. The fourth-order valence-electron chi connectivity index (χ4n) is 3.88. The summed E-state index contributed by atoms with van der Waals surface area (Å²) in [4.78, 5) is 23.3. The number of hydrogen-bond acceptors (Lipinski definition) is 4. The lowest BCUT2D eigenvalue weighted by atomic mass is 9.98. The third kappa shape index (κ3) is 4.78. The van der Waals surface area contributed by atoms with Crippen molar-refractivity contribution in [3.8, 4) is 22.3 Å². The molecule has 0 saturated carbocycles. The van der Waals surface area contributed by atoms with E-state index in [0.717, 1.165) is 48.2 Å². The summed E-state index contributed by atoms with van der Waals surface area (Å²) >= 11 is 6.59. The molecule has 1 fully saturated rings. The lowest BCUT2D eigenvalue weighted by Crippen LogP contribution is -2.37.